The molecule has 1 aromatic carbocycles. The van der Waals surface area contributed by atoms with Crippen LogP contribution in [0.2, 0.25) is 0 Å². The number of hydrogen-bond donors (Lipinski definition) is 2. The Kier molecular flexibility index (Phi) is 8.33. The number of ether oxygens (including phenoxy) is 1. The molecule has 176 valence electrons. The average Bonchev–Trinajstić information content (AvgIpc) is 3.42. The number of nitrogens with two attached hydrogens (primary N) is 1. The molecule has 3 N–H and O–H groups in total. The Morgan fingerprint density at radius 1 is 1.22 bits per heavy atom. The van der Waals surface area contributed by atoms with E-state index in [9.17, 15) is 13.2 Å². The molecular weight excluding hydrogens is 439 g/mol. The number of hydrogen-bond acceptors (Lipinski definition) is 5. The molecule has 0 saturated carbocycles. The van der Waals surface area contributed by atoms with E-state index in [1.807, 2.05) is 0 Å². The van der Waals surface area contributed by atoms with Crippen LogP contribution in [0.25, 0.3) is 10.6 Å². The van der Waals surface area contributed by atoms with Crippen molar-refractivity contribution in [3.8, 4) is 16.3 Å². The van der Waals surface area contributed by atoms with Gasteiger partial charge in [-0.2, -0.15) is 13.2 Å². The lowest BCUT2D eigenvalue weighted by Gasteiger charge is -2.22. The topological polar surface area (TPSA) is 88.1 Å². The minimum Gasteiger partial charge on any atom is -0.493 e. The fraction of sp³-hybridized carbons (Fsp3) is 0.591. The van der Waals surface area contributed by atoms with Crippen LogP contribution in [0.1, 0.15) is 74.9 Å². The van der Waals surface area contributed by atoms with Crippen LogP contribution in [0.15, 0.2) is 18.2 Å². The molecule has 0 amide bonds. The second kappa shape index (κ2) is 11.0. The highest BCUT2D eigenvalue weighted by atomic mass is 32.1. The van der Waals surface area contributed by atoms with Crippen molar-refractivity contribution in [1.82, 2.24) is 15.1 Å². The summed E-state index contributed by atoms with van der Waals surface area (Å²) in [5, 5.41) is 17.0. The van der Waals surface area contributed by atoms with Crippen LogP contribution in [-0.2, 0) is 6.18 Å². The first-order chi connectivity index (χ1) is 15.3. The van der Waals surface area contributed by atoms with Crippen molar-refractivity contribution in [2.24, 2.45) is 5.73 Å². The molecule has 0 radical (unpaired) electrons. The number of unbranched alkanes of at least 4 members (excludes halogenated alkanes) is 5. The van der Waals surface area contributed by atoms with Gasteiger partial charge in [-0.3, -0.25) is 5.41 Å². The summed E-state index contributed by atoms with van der Waals surface area (Å²) >= 11 is 1.24. The molecule has 3 rings (SSSR count). The molecule has 2 aromatic rings. The quantitative estimate of drug-likeness (QED) is 0.253. The lowest BCUT2D eigenvalue weighted by atomic mass is 10.1. The molecule has 1 fully saturated rings. The zero-order valence-electron chi connectivity index (χ0n) is 18.2. The monoisotopic (exact) mass is 469 g/mol. The SMILES string of the molecule is CCCCCCCCOc1ccc(-c2nnc([C@@H]3CCCN3C(=N)N)s2)cc1C(F)(F)F. The lowest BCUT2D eigenvalue weighted by Crippen LogP contribution is -2.35. The minimum absolute atomic E-state index is 0.0320. The Balaban J connectivity index is 1.71. The van der Waals surface area contributed by atoms with E-state index in [1.54, 1.807) is 11.0 Å². The number of benzene rings is 1. The van der Waals surface area contributed by atoms with Crippen molar-refractivity contribution < 1.29 is 17.9 Å². The summed E-state index contributed by atoms with van der Waals surface area (Å²) < 4.78 is 46.6. The van der Waals surface area contributed by atoms with Crippen molar-refractivity contribution in [3.63, 3.8) is 0 Å². The number of nitrogens with zero attached hydrogens (tertiary/aromatic N) is 3. The van der Waals surface area contributed by atoms with Gasteiger partial charge in [0, 0.05) is 12.1 Å². The molecule has 0 spiro atoms. The molecule has 0 bridgehead atoms. The average molecular weight is 470 g/mol. The highest BCUT2D eigenvalue weighted by molar-refractivity contribution is 7.14. The Bertz CT molecular complexity index is 902. The summed E-state index contributed by atoms with van der Waals surface area (Å²) in [5.41, 5.74) is 5.18. The van der Waals surface area contributed by atoms with Crippen LogP contribution in [0.4, 0.5) is 13.2 Å². The van der Waals surface area contributed by atoms with Crippen molar-refractivity contribution in [2.45, 2.75) is 70.5 Å². The van der Waals surface area contributed by atoms with Gasteiger partial charge in [-0.1, -0.05) is 50.4 Å². The van der Waals surface area contributed by atoms with Gasteiger partial charge in [0.1, 0.15) is 15.8 Å². The van der Waals surface area contributed by atoms with Gasteiger partial charge < -0.3 is 15.4 Å². The van der Waals surface area contributed by atoms with Gasteiger partial charge >= 0.3 is 6.18 Å². The summed E-state index contributed by atoms with van der Waals surface area (Å²) in [6.07, 6.45) is 3.37. The van der Waals surface area contributed by atoms with Crippen molar-refractivity contribution in [2.75, 3.05) is 13.2 Å². The maximum absolute atomic E-state index is 13.7. The van der Waals surface area contributed by atoms with E-state index >= 15 is 0 Å². The third-order valence-corrected chi connectivity index (χ3v) is 6.65. The van der Waals surface area contributed by atoms with Gasteiger partial charge in [0.05, 0.1) is 18.2 Å². The summed E-state index contributed by atoms with van der Waals surface area (Å²) in [7, 11) is 0. The highest BCUT2D eigenvalue weighted by Crippen LogP contribution is 2.41. The Hall–Kier alpha value is -2.36. The summed E-state index contributed by atoms with van der Waals surface area (Å²) in [4.78, 5) is 1.74. The number of alkyl halides is 3. The number of aromatic nitrogens is 2. The Morgan fingerprint density at radius 2 is 1.97 bits per heavy atom. The van der Waals surface area contributed by atoms with E-state index in [1.165, 1.54) is 23.8 Å². The normalized spacial score (nSPS) is 16.5. The molecule has 1 atom stereocenters. The molecule has 2 heterocycles. The standard InChI is InChI=1S/C22H30F3N5OS/c1-2-3-4-5-6-7-13-31-18-11-10-15(14-16(18)22(23,24)25)19-28-29-20(32-19)17-9-8-12-30(17)21(26)27/h10-11,14,17H,2-9,12-13H2,1H3,(H3,26,27)/t17-/m0/s1. The van der Waals surface area contributed by atoms with Gasteiger partial charge in [0.15, 0.2) is 5.96 Å². The maximum Gasteiger partial charge on any atom is 0.419 e. The smallest absolute Gasteiger partial charge is 0.419 e. The summed E-state index contributed by atoms with van der Waals surface area (Å²) in [6, 6.07) is 3.89. The van der Waals surface area contributed by atoms with Crippen LogP contribution in [-0.4, -0.2) is 34.2 Å². The Morgan fingerprint density at radius 3 is 2.69 bits per heavy atom. The molecule has 0 unspecified atom stereocenters. The van der Waals surface area contributed by atoms with Crippen LogP contribution in [0.3, 0.4) is 0 Å². The van der Waals surface area contributed by atoms with Gasteiger partial charge in [-0.05, 0) is 37.5 Å². The van der Waals surface area contributed by atoms with E-state index in [0.29, 0.717) is 22.1 Å². The predicted molar refractivity (Wildman–Crippen MR) is 120 cm³/mol. The zero-order chi connectivity index (χ0) is 23.1. The first-order valence-corrected chi connectivity index (χ1v) is 11.9. The van der Waals surface area contributed by atoms with E-state index in [4.69, 9.17) is 15.9 Å². The van der Waals surface area contributed by atoms with Gasteiger partial charge in [-0.15, -0.1) is 10.2 Å². The molecule has 0 aliphatic carbocycles. The van der Waals surface area contributed by atoms with Crippen molar-refractivity contribution in [1.29, 1.82) is 5.41 Å². The molecule has 10 heteroatoms. The maximum atomic E-state index is 13.7. The van der Waals surface area contributed by atoms with Crippen LogP contribution < -0.4 is 10.5 Å². The van der Waals surface area contributed by atoms with Crippen LogP contribution in [0, 0.1) is 5.41 Å². The fourth-order valence-electron chi connectivity index (χ4n) is 3.87. The molecule has 32 heavy (non-hydrogen) atoms. The third-order valence-electron chi connectivity index (χ3n) is 5.58. The number of halogens is 3. The van der Waals surface area contributed by atoms with E-state index in [-0.39, 0.29) is 24.4 Å². The van der Waals surface area contributed by atoms with Gasteiger partial charge in [0.2, 0.25) is 0 Å². The number of rotatable bonds is 10. The van der Waals surface area contributed by atoms with Crippen LogP contribution in [0.5, 0.6) is 5.75 Å². The molecule has 6 nitrogen and oxygen atoms in total. The third kappa shape index (κ3) is 6.11. The number of guanidine groups is 1. The number of nitrogens with one attached hydrogen (secondary N) is 1. The van der Waals surface area contributed by atoms with E-state index < -0.39 is 11.7 Å². The van der Waals surface area contributed by atoms with Crippen molar-refractivity contribution >= 4 is 17.3 Å². The van der Waals surface area contributed by atoms with Gasteiger partial charge in [-0.25, -0.2) is 0 Å². The van der Waals surface area contributed by atoms with Gasteiger partial charge in [0.25, 0.3) is 0 Å². The van der Waals surface area contributed by atoms with Crippen molar-refractivity contribution in [3.05, 3.63) is 28.8 Å². The summed E-state index contributed by atoms with van der Waals surface area (Å²) in [5.74, 6) is -0.187. The molecule has 1 aliphatic rings. The second-order valence-electron chi connectivity index (χ2n) is 8.01. The lowest BCUT2D eigenvalue weighted by molar-refractivity contribution is -0.138. The fourth-order valence-corrected chi connectivity index (χ4v) is 4.86. The first-order valence-electron chi connectivity index (χ1n) is 11.1. The molecular formula is C22H30F3N5OS. The zero-order valence-corrected chi connectivity index (χ0v) is 19.1. The molecule has 1 aliphatic heterocycles. The Labute approximate surface area is 190 Å². The molecule has 1 saturated heterocycles. The predicted octanol–water partition coefficient (Wildman–Crippen LogP) is 5.99. The minimum atomic E-state index is -4.53. The van der Waals surface area contributed by atoms with E-state index in [2.05, 4.69) is 17.1 Å². The van der Waals surface area contributed by atoms with Crippen LogP contribution >= 0.6 is 11.3 Å². The number of likely N-dealkylation sites (tertiary alicyclic amines) is 1. The van der Waals surface area contributed by atoms with E-state index in [0.717, 1.165) is 51.0 Å². The summed E-state index contributed by atoms with van der Waals surface area (Å²) in [6.45, 7) is 3.07. The first kappa shape index (κ1) is 24.3. The largest absolute Gasteiger partial charge is 0.493 e. The highest BCUT2D eigenvalue weighted by Gasteiger charge is 2.35. The second-order valence-corrected chi connectivity index (χ2v) is 9.02. The molecule has 1 aromatic heterocycles.